The van der Waals surface area contributed by atoms with Crippen molar-refractivity contribution in [1.82, 2.24) is 0 Å². The SMILES string of the molecule is CC(Cl)COP(=O)(OCCCl)C(C)(CCC(C)Br)OP(=O)(O)OCCBr. The van der Waals surface area contributed by atoms with Gasteiger partial charge in [0.1, 0.15) is 0 Å². The molecule has 5 atom stereocenters. The molecule has 0 aromatic carbocycles. The van der Waals surface area contributed by atoms with Crippen molar-refractivity contribution < 1.29 is 32.1 Å². The van der Waals surface area contributed by atoms with Crippen LogP contribution in [-0.2, 0) is 27.2 Å². The van der Waals surface area contributed by atoms with Crippen molar-refractivity contribution in [2.45, 2.75) is 49.2 Å². The number of phosphoric acid groups is 1. The Balaban J connectivity index is 5.70. The molecule has 5 unspecified atom stereocenters. The van der Waals surface area contributed by atoms with Crippen LogP contribution in [0.25, 0.3) is 0 Å². The lowest BCUT2D eigenvalue weighted by molar-refractivity contribution is 0.0504. The third kappa shape index (κ3) is 10.5. The molecule has 0 heterocycles. The average molecular weight is 587 g/mol. The fourth-order valence-corrected chi connectivity index (χ4v) is 6.21. The Kier molecular flexibility index (Phi) is 14.1. The van der Waals surface area contributed by atoms with Gasteiger partial charge in [0.25, 0.3) is 0 Å². The smallest absolute Gasteiger partial charge is 0.305 e. The lowest BCUT2D eigenvalue weighted by Gasteiger charge is -2.37. The molecule has 0 fully saturated rings. The number of hydrogen-bond acceptors (Lipinski definition) is 6. The molecule has 0 aliphatic heterocycles. The highest BCUT2D eigenvalue weighted by atomic mass is 79.9. The number of alkyl halides is 4. The molecule has 7 nitrogen and oxygen atoms in total. The minimum atomic E-state index is -4.51. The number of halogens is 4. The van der Waals surface area contributed by atoms with E-state index in [1.54, 1.807) is 6.92 Å². The molecule has 0 saturated carbocycles. The first-order chi connectivity index (χ1) is 11.9. The second-order valence-corrected chi connectivity index (χ2v) is 13.0. The molecule has 0 aliphatic carbocycles. The summed E-state index contributed by atoms with van der Waals surface area (Å²) in [6, 6.07) is 0. The van der Waals surface area contributed by atoms with E-state index in [0.29, 0.717) is 11.8 Å². The third-order valence-electron chi connectivity index (χ3n) is 3.04. The first-order valence-corrected chi connectivity index (χ1v) is 13.9. The van der Waals surface area contributed by atoms with E-state index in [0.717, 1.165) is 0 Å². The number of rotatable bonds is 15. The van der Waals surface area contributed by atoms with Gasteiger partial charge in [0, 0.05) is 16.0 Å². The molecule has 0 spiro atoms. The standard InChI is InChI=1S/C13H26Br2Cl2O7P2/c1-11(15)4-5-13(3,24-26(19,20)22-8-6-14)25(18,21-9-7-16)23-10-12(2)17/h11-12H,4-10H2,1-3H3,(H,19,20). The maximum Gasteiger partial charge on any atom is 0.473 e. The molecule has 0 saturated heterocycles. The van der Waals surface area contributed by atoms with E-state index in [1.807, 2.05) is 6.92 Å². The van der Waals surface area contributed by atoms with Crippen LogP contribution >= 0.6 is 70.5 Å². The predicted molar refractivity (Wildman–Crippen MR) is 112 cm³/mol. The van der Waals surface area contributed by atoms with Gasteiger partial charge in [-0.3, -0.25) is 13.6 Å². The second kappa shape index (κ2) is 13.2. The normalized spacial score (nSPS) is 21.4. The molecular formula is C13H26Br2Cl2O7P2. The molecular weight excluding hydrogens is 561 g/mol. The van der Waals surface area contributed by atoms with Gasteiger partial charge in [-0.15, -0.1) is 23.2 Å². The summed E-state index contributed by atoms with van der Waals surface area (Å²) in [6.45, 7) is 4.69. The minimum absolute atomic E-state index is 0.0420. The van der Waals surface area contributed by atoms with Crippen molar-refractivity contribution in [3.63, 3.8) is 0 Å². The zero-order chi connectivity index (χ0) is 20.4. The van der Waals surface area contributed by atoms with Gasteiger partial charge in [-0.25, -0.2) is 4.57 Å². The highest BCUT2D eigenvalue weighted by molar-refractivity contribution is 9.09. The van der Waals surface area contributed by atoms with E-state index in [2.05, 4.69) is 31.9 Å². The largest absolute Gasteiger partial charge is 0.473 e. The highest BCUT2D eigenvalue weighted by Crippen LogP contribution is 2.67. The Morgan fingerprint density at radius 1 is 1.19 bits per heavy atom. The zero-order valence-electron chi connectivity index (χ0n) is 14.9. The first-order valence-electron chi connectivity index (χ1n) is 7.88. The van der Waals surface area contributed by atoms with Crippen LogP contribution in [0.2, 0.25) is 0 Å². The van der Waals surface area contributed by atoms with Crippen molar-refractivity contribution in [2.24, 2.45) is 0 Å². The van der Waals surface area contributed by atoms with Crippen molar-refractivity contribution in [1.29, 1.82) is 0 Å². The molecule has 0 aliphatic rings. The summed E-state index contributed by atoms with van der Waals surface area (Å²) in [6.07, 6.45) is 0.584. The monoisotopic (exact) mass is 584 g/mol. The van der Waals surface area contributed by atoms with Crippen LogP contribution < -0.4 is 0 Å². The van der Waals surface area contributed by atoms with Crippen LogP contribution in [0.1, 0.15) is 33.6 Å². The zero-order valence-corrected chi connectivity index (χ0v) is 21.4. The number of hydrogen-bond donors (Lipinski definition) is 1. The van der Waals surface area contributed by atoms with Crippen LogP contribution in [0.4, 0.5) is 0 Å². The molecule has 0 aromatic rings. The molecule has 0 rings (SSSR count). The summed E-state index contributed by atoms with van der Waals surface area (Å²) < 4.78 is 46.8. The van der Waals surface area contributed by atoms with Gasteiger partial charge in [0.2, 0.25) is 0 Å². The van der Waals surface area contributed by atoms with Crippen LogP contribution in [0, 0.1) is 0 Å². The summed E-state index contributed by atoms with van der Waals surface area (Å²) in [5.41, 5.74) is 0. The lowest BCUT2D eigenvalue weighted by atomic mass is 10.2. The summed E-state index contributed by atoms with van der Waals surface area (Å²) in [5.74, 6) is 0.0611. The van der Waals surface area contributed by atoms with E-state index >= 15 is 0 Å². The van der Waals surface area contributed by atoms with E-state index in [9.17, 15) is 14.0 Å². The summed E-state index contributed by atoms with van der Waals surface area (Å²) >= 11 is 18.0. The Bertz CT molecular complexity index is 499. The highest BCUT2D eigenvalue weighted by Gasteiger charge is 2.53. The van der Waals surface area contributed by atoms with Crippen molar-refractivity contribution >= 4 is 70.5 Å². The van der Waals surface area contributed by atoms with E-state index in [-0.39, 0.29) is 36.9 Å². The molecule has 26 heavy (non-hydrogen) atoms. The Hall–Kier alpha value is 1.80. The van der Waals surface area contributed by atoms with Gasteiger partial charge in [-0.1, -0.05) is 38.8 Å². The fraction of sp³-hybridized carbons (Fsp3) is 1.00. The van der Waals surface area contributed by atoms with Crippen LogP contribution in [0.15, 0.2) is 0 Å². The van der Waals surface area contributed by atoms with Gasteiger partial charge in [0.15, 0.2) is 5.34 Å². The maximum atomic E-state index is 13.5. The quantitative estimate of drug-likeness (QED) is 0.189. The van der Waals surface area contributed by atoms with E-state index in [4.69, 9.17) is 41.3 Å². The Labute approximate surface area is 182 Å². The Morgan fingerprint density at radius 3 is 2.27 bits per heavy atom. The van der Waals surface area contributed by atoms with Crippen LogP contribution in [0.5, 0.6) is 0 Å². The van der Waals surface area contributed by atoms with Crippen molar-refractivity contribution in [3.8, 4) is 0 Å². The van der Waals surface area contributed by atoms with Gasteiger partial charge in [-0.2, -0.15) is 0 Å². The fourth-order valence-electron chi connectivity index (χ4n) is 1.79. The number of phosphoric ester groups is 1. The van der Waals surface area contributed by atoms with Gasteiger partial charge >= 0.3 is 15.4 Å². The van der Waals surface area contributed by atoms with E-state index < -0.39 is 26.1 Å². The topological polar surface area (TPSA) is 91.3 Å². The summed E-state index contributed by atoms with van der Waals surface area (Å²) in [4.78, 5) is 10.0. The van der Waals surface area contributed by atoms with Gasteiger partial charge < -0.3 is 13.9 Å². The van der Waals surface area contributed by atoms with Gasteiger partial charge in [0.05, 0.1) is 25.2 Å². The predicted octanol–water partition coefficient (Wildman–Crippen LogP) is 5.89. The molecule has 13 heteroatoms. The minimum Gasteiger partial charge on any atom is -0.305 e. The molecule has 0 radical (unpaired) electrons. The van der Waals surface area contributed by atoms with Crippen LogP contribution in [-0.4, -0.2) is 51.5 Å². The molecule has 0 amide bonds. The molecule has 158 valence electrons. The van der Waals surface area contributed by atoms with Gasteiger partial charge in [-0.05, 0) is 26.7 Å². The second-order valence-electron chi connectivity index (χ2n) is 5.67. The average Bonchev–Trinajstić information content (AvgIpc) is 2.54. The third-order valence-corrected chi connectivity index (χ3v) is 7.87. The summed E-state index contributed by atoms with van der Waals surface area (Å²) in [5, 5.41) is -1.85. The summed E-state index contributed by atoms with van der Waals surface area (Å²) in [7, 11) is -8.54. The van der Waals surface area contributed by atoms with Crippen molar-refractivity contribution in [3.05, 3.63) is 0 Å². The maximum absolute atomic E-state index is 13.5. The molecule has 1 N–H and O–H groups in total. The molecule has 0 bridgehead atoms. The van der Waals surface area contributed by atoms with Crippen LogP contribution in [0.3, 0.4) is 0 Å². The lowest BCUT2D eigenvalue weighted by Crippen LogP contribution is -2.32. The first kappa shape index (κ1) is 27.8. The van der Waals surface area contributed by atoms with Crippen molar-refractivity contribution in [2.75, 3.05) is 31.0 Å². The van der Waals surface area contributed by atoms with E-state index in [1.165, 1.54) is 6.92 Å². The molecule has 0 aromatic heterocycles. The Morgan fingerprint density at radius 2 is 1.81 bits per heavy atom.